The van der Waals surface area contributed by atoms with Crippen LogP contribution in [-0.4, -0.2) is 12.9 Å². The van der Waals surface area contributed by atoms with Gasteiger partial charge in [-0.2, -0.15) is 0 Å². The number of benzene rings is 1. The first-order valence-electron chi connectivity index (χ1n) is 7.73. The first kappa shape index (κ1) is 16.8. The second-order valence-corrected chi connectivity index (χ2v) is 5.34. The van der Waals surface area contributed by atoms with Crippen molar-refractivity contribution < 1.29 is 9.53 Å². The second kappa shape index (κ2) is 8.14. The number of ketones is 1. The van der Waals surface area contributed by atoms with Gasteiger partial charge in [0, 0.05) is 11.1 Å². The third-order valence-corrected chi connectivity index (χ3v) is 3.62. The summed E-state index contributed by atoms with van der Waals surface area (Å²) in [6, 6.07) is 5.82. The minimum Gasteiger partial charge on any atom is -0.497 e. The fourth-order valence-corrected chi connectivity index (χ4v) is 2.35. The van der Waals surface area contributed by atoms with Crippen LogP contribution in [0.5, 0.6) is 0 Å². The van der Waals surface area contributed by atoms with E-state index in [1.54, 1.807) is 13.2 Å². The maximum absolute atomic E-state index is 12.6. The highest BCUT2D eigenvalue weighted by molar-refractivity contribution is 6.09. The van der Waals surface area contributed by atoms with Crippen molar-refractivity contribution in [2.45, 2.75) is 20.3 Å². The molecule has 0 saturated heterocycles. The molecule has 0 radical (unpaired) electrons. The number of carbonyl (C=O) groups excluding carboxylic acids is 1. The monoisotopic (exact) mass is 306 g/mol. The van der Waals surface area contributed by atoms with Gasteiger partial charge >= 0.3 is 0 Å². The summed E-state index contributed by atoms with van der Waals surface area (Å²) in [5.74, 6) is 0.671. The molecule has 0 fully saturated rings. The third-order valence-electron chi connectivity index (χ3n) is 3.62. The highest BCUT2D eigenvalue weighted by Gasteiger charge is 2.11. The standard InChI is InChI=1S/C21H22O2/c1-4-5-11-20(23-3)14-16(2)21(22)19-13-12-17-9-7-6-8-10-18(17)15-19/h4-5,7-15H,6H2,1-3H3/b5-4-,16-14+,20-11+. The lowest BCUT2D eigenvalue weighted by Crippen LogP contribution is -2.02. The smallest absolute Gasteiger partial charge is 0.188 e. The van der Waals surface area contributed by atoms with Crippen molar-refractivity contribution in [3.8, 4) is 0 Å². The van der Waals surface area contributed by atoms with Gasteiger partial charge in [0.15, 0.2) is 5.78 Å². The number of allylic oxidation sites excluding steroid dienone is 7. The van der Waals surface area contributed by atoms with Crippen LogP contribution in [0.15, 0.2) is 66.0 Å². The van der Waals surface area contributed by atoms with Crippen LogP contribution in [0.25, 0.3) is 12.2 Å². The van der Waals surface area contributed by atoms with Crippen LogP contribution in [-0.2, 0) is 4.74 Å². The minimum absolute atomic E-state index is 0.0119. The molecule has 23 heavy (non-hydrogen) atoms. The molecule has 0 atom stereocenters. The van der Waals surface area contributed by atoms with Crippen molar-refractivity contribution in [1.82, 2.24) is 0 Å². The normalized spacial score (nSPS) is 14.7. The van der Waals surface area contributed by atoms with Gasteiger partial charge < -0.3 is 4.74 Å². The summed E-state index contributed by atoms with van der Waals surface area (Å²) in [5, 5.41) is 0. The Bertz CT molecular complexity index is 728. The van der Waals surface area contributed by atoms with Gasteiger partial charge in [0.25, 0.3) is 0 Å². The molecular formula is C21H22O2. The van der Waals surface area contributed by atoms with Crippen LogP contribution in [0, 0.1) is 0 Å². The van der Waals surface area contributed by atoms with E-state index in [-0.39, 0.29) is 5.78 Å². The van der Waals surface area contributed by atoms with E-state index in [2.05, 4.69) is 24.3 Å². The number of Topliss-reactive ketones (excluding diaryl/α,β-unsaturated/α-hetero) is 1. The van der Waals surface area contributed by atoms with Gasteiger partial charge in [0.05, 0.1) is 7.11 Å². The highest BCUT2D eigenvalue weighted by atomic mass is 16.5. The zero-order valence-electron chi connectivity index (χ0n) is 13.9. The summed E-state index contributed by atoms with van der Waals surface area (Å²) >= 11 is 0. The first-order valence-corrected chi connectivity index (χ1v) is 7.73. The summed E-state index contributed by atoms with van der Waals surface area (Å²) in [6.45, 7) is 3.75. The molecule has 2 nitrogen and oxygen atoms in total. The van der Waals surface area contributed by atoms with E-state index in [1.165, 1.54) is 0 Å². The largest absolute Gasteiger partial charge is 0.497 e. The SMILES string of the molecule is C\C=C/C=C(\C=C(/C)C(=O)c1ccc2c(c1)C=CCC=C2)OC. The molecule has 0 spiro atoms. The van der Waals surface area contributed by atoms with Crippen molar-refractivity contribution in [2.24, 2.45) is 0 Å². The van der Waals surface area contributed by atoms with Crippen LogP contribution in [0.2, 0.25) is 0 Å². The van der Waals surface area contributed by atoms with Crippen LogP contribution >= 0.6 is 0 Å². The minimum atomic E-state index is 0.0119. The molecule has 0 aromatic heterocycles. The van der Waals surface area contributed by atoms with E-state index >= 15 is 0 Å². The lowest BCUT2D eigenvalue weighted by Gasteiger charge is -2.07. The Kier molecular flexibility index (Phi) is 5.93. The Balaban J connectivity index is 2.30. The predicted molar refractivity (Wildman–Crippen MR) is 97.1 cm³/mol. The zero-order chi connectivity index (χ0) is 16.7. The average Bonchev–Trinajstić information content (AvgIpc) is 2.82. The molecule has 118 valence electrons. The number of hydrogen-bond acceptors (Lipinski definition) is 2. The van der Waals surface area contributed by atoms with Gasteiger partial charge in [-0.3, -0.25) is 4.79 Å². The van der Waals surface area contributed by atoms with Crippen LogP contribution in [0.4, 0.5) is 0 Å². The molecule has 1 aliphatic carbocycles. The van der Waals surface area contributed by atoms with Crippen molar-refractivity contribution in [3.63, 3.8) is 0 Å². The first-order chi connectivity index (χ1) is 11.2. The topological polar surface area (TPSA) is 26.3 Å². The maximum atomic E-state index is 12.6. The van der Waals surface area contributed by atoms with Crippen LogP contribution in [0.3, 0.4) is 0 Å². The second-order valence-electron chi connectivity index (χ2n) is 5.34. The molecule has 2 heteroatoms. The number of fused-ring (bicyclic) bond motifs is 1. The van der Waals surface area contributed by atoms with E-state index < -0.39 is 0 Å². The molecule has 1 aliphatic rings. The van der Waals surface area contributed by atoms with Crippen LogP contribution < -0.4 is 0 Å². The summed E-state index contributed by atoms with van der Waals surface area (Å²) in [4.78, 5) is 12.6. The molecule has 0 unspecified atom stereocenters. The molecule has 0 amide bonds. The molecule has 1 aromatic carbocycles. The van der Waals surface area contributed by atoms with Gasteiger partial charge in [-0.05, 0) is 49.6 Å². The third kappa shape index (κ3) is 4.43. The summed E-state index contributed by atoms with van der Waals surface area (Å²) in [5.41, 5.74) is 3.56. The average molecular weight is 306 g/mol. The fraction of sp³-hybridized carbons (Fsp3) is 0.190. The van der Waals surface area contributed by atoms with Gasteiger partial charge in [-0.25, -0.2) is 0 Å². The Labute approximate surface area is 138 Å². The lowest BCUT2D eigenvalue weighted by atomic mass is 9.98. The Morgan fingerprint density at radius 1 is 1.17 bits per heavy atom. The van der Waals surface area contributed by atoms with E-state index in [0.29, 0.717) is 16.9 Å². The fourth-order valence-electron chi connectivity index (χ4n) is 2.35. The molecule has 0 saturated carbocycles. The Morgan fingerprint density at radius 2 is 1.91 bits per heavy atom. The number of hydrogen-bond donors (Lipinski definition) is 0. The molecule has 2 rings (SSSR count). The quantitative estimate of drug-likeness (QED) is 0.317. The van der Waals surface area contributed by atoms with E-state index in [0.717, 1.165) is 17.5 Å². The number of ether oxygens (including phenoxy) is 1. The summed E-state index contributed by atoms with van der Waals surface area (Å²) in [7, 11) is 1.60. The molecule has 1 aromatic rings. The number of carbonyl (C=O) groups is 1. The molecule has 0 bridgehead atoms. The lowest BCUT2D eigenvalue weighted by molar-refractivity contribution is 0.103. The zero-order valence-corrected chi connectivity index (χ0v) is 13.9. The van der Waals surface area contributed by atoms with Gasteiger partial charge in [-0.15, -0.1) is 0 Å². The van der Waals surface area contributed by atoms with Crippen molar-refractivity contribution in [2.75, 3.05) is 7.11 Å². The molecular weight excluding hydrogens is 284 g/mol. The van der Waals surface area contributed by atoms with Crippen molar-refractivity contribution in [1.29, 1.82) is 0 Å². The summed E-state index contributed by atoms with van der Waals surface area (Å²) < 4.78 is 5.28. The molecule has 0 aliphatic heterocycles. The highest BCUT2D eigenvalue weighted by Crippen LogP contribution is 2.21. The van der Waals surface area contributed by atoms with Crippen molar-refractivity contribution >= 4 is 17.9 Å². The van der Waals surface area contributed by atoms with E-state index in [4.69, 9.17) is 4.74 Å². The Hall–Kier alpha value is -2.61. The number of methoxy groups -OCH3 is 1. The van der Waals surface area contributed by atoms with Gasteiger partial charge in [0.1, 0.15) is 5.76 Å². The van der Waals surface area contributed by atoms with Crippen molar-refractivity contribution in [3.05, 3.63) is 82.7 Å². The van der Waals surface area contributed by atoms with Crippen LogP contribution in [0.1, 0.15) is 41.8 Å². The predicted octanol–water partition coefficient (Wildman–Crippen LogP) is 5.35. The summed E-state index contributed by atoms with van der Waals surface area (Å²) in [6.07, 6.45) is 16.7. The molecule has 0 N–H and O–H groups in total. The van der Waals surface area contributed by atoms with E-state index in [1.807, 2.05) is 50.3 Å². The van der Waals surface area contributed by atoms with Gasteiger partial charge in [0.2, 0.25) is 0 Å². The van der Waals surface area contributed by atoms with Gasteiger partial charge in [-0.1, -0.05) is 48.6 Å². The Morgan fingerprint density at radius 3 is 2.61 bits per heavy atom. The van der Waals surface area contributed by atoms with E-state index in [9.17, 15) is 4.79 Å². The number of rotatable bonds is 5. The molecule has 0 heterocycles. The maximum Gasteiger partial charge on any atom is 0.188 e.